The molecule has 0 N–H and O–H groups in total. The van der Waals surface area contributed by atoms with Gasteiger partial charge in [-0.25, -0.2) is 9.64 Å². The molecule has 0 amide bonds. The Hall–Kier alpha value is -2.84. The number of ether oxygens (including phenoxy) is 1. The maximum Gasteiger partial charge on any atom is 0.354 e. The SMILES string of the molecule is [C-]#[N+]c1c(-c2ccc(-c3ccccc3C)cc2)c(C(=O)OCC)n(C)c1Br. The highest BCUT2D eigenvalue weighted by atomic mass is 79.9. The van der Waals surface area contributed by atoms with E-state index in [4.69, 9.17) is 11.3 Å². The van der Waals surface area contributed by atoms with Crippen LogP contribution in [0.5, 0.6) is 0 Å². The number of aryl methyl sites for hydroxylation is 1. The molecule has 0 bridgehead atoms. The highest BCUT2D eigenvalue weighted by Crippen LogP contribution is 2.42. The lowest BCUT2D eigenvalue weighted by atomic mass is 9.97. The van der Waals surface area contributed by atoms with Crippen molar-refractivity contribution in [3.63, 3.8) is 0 Å². The lowest BCUT2D eigenvalue weighted by Gasteiger charge is -2.10. The molecule has 0 atom stereocenters. The molecule has 0 saturated carbocycles. The molecule has 2 aromatic carbocycles. The highest BCUT2D eigenvalue weighted by molar-refractivity contribution is 9.10. The van der Waals surface area contributed by atoms with E-state index in [-0.39, 0.29) is 6.61 Å². The van der Waals surface area contributed by atoms with Gasteiger partial charge in [0.1, 0.15) is 5.69 Å². The summed E-state index contributed by atoms with van der Waals surface area (Å²) in [6.45, 7) is 11.7. The lowest BCUT2D eigenvalue weighted by Crippen LogP contribution is -2.11. The molecule has 1 heterocycles. The molecule has 1 aromatic heterocycles. The first-order valence-electron chi connectivity index (χ1n) is 8.58. The number of benzene rings is 2. The number of halogens is 1. The predicted octanol–water partition coefficient (Wildman–Crippen LogP) is 6.16. The summed E-state index contributed by atoms with van der Waals surface area (Å²) in [5.74, 6) is -0.436. The number of nitrogens with zero attached hydrogens (tertiary/aromatic N) is 2. The van der Waals surface area contributed by atoms with Crippen molar-refractivity contribution >= 4 is 27.6 Å². The van der Waals surface area contributed by atoms with E-state index in [1.165, 1.54) is 5.56 Å². The second-order valence-corrected chi connectivity index (χ2v) is 6.90. The molecule has 27 heavy (non-hydrogen) atoms. The third-order valence-corrected chi connectivity index (χ3v) is 5.42. The summed E-state index contributed by atoms with van der Waals surface area (Å²) in [6, 6.07) is 16.1. The van der Waals surface area contributed by atoms with Gasteiger partial charge in [0.25, 0.3) is 0 Å². The van der Waals surface area contributed by atoms with Crippen molar-refractivity contribution in [2.75, 3.05) is 6.61 Å². The molecular formula is C22H19BrN2O2. The Bertz CT molecular complexity index is 1040. The third-order valence-electron chi connectivity index (χ3n) is 4.51. The fraction of sp³-hybridized carbons (Fsp3) is 0.182. The van der Waals surface area contributed by atoms with Gasteiger partial charge in [-0.15, -0.1) is 0 Å². The minimum absolute atomic E-state index is 0.278. The zero-order chi connectivity index (χ0) is 19.6. The van der Waals surface area contributed by atoms with Crippen LogP contribution in [0.15, 0.2) is 53.1 Å². The van der Waals surface area contributed by atoms with E-state index in [1.54, 1.807) is 18.5 Å². The minimum atomic E-state index is -0.436. The van der Waals surface area contributed by atoms with Crippen molar-refractivity contribution in [2.24, 2.45) is 7.05 Å². The molecule has 3 aromatic rings. The third kappa shape index (κ3) is 3.41. The Labute approximate surface area is 167 Å². The molecular weight excluding hydrogens is 404 g/mol. The molecule has 0 aliphatic carbocycles. The van der Waals surface area contributed by atoms with Crippen LogP contribution in [0.3, 0.4) is 0 Å². The van der Waals surface area contributed by atoms with E-state index >= 15 is 0 Å². The van der Waals surface area contributed by atoms with Gasteiger partial charge in [0, 0.05) is 12.6 Å². The second kappa shape index (κ2) is 7.81. The summed E-state index contributed by atoms with van der Waals surface area (Å²) >= 11 is 3.43. The van der Waals surface area contributed by atoms with Crippen LogP contribution in [0.2, 0.25) is 0 Å². The van der Waals surface area contributed by atoms with Gasteiger partial charge in [-0.1, -0.05) is 48.5 Å². The Morgan fingerprint density at radius 1 is 1.15 bits per heavy atom. The van der Waals surface area contributed by atoms with Gasteiger partial charge in [-0.3, -0.25) is 0 Å². The van der Waals surface area contributed by atoms with Crippen LogP contribution in [0, 0.1) is 13.5 Å². The quantitative estimate of drug-likeness (QED) is 0.372. The molecule has 0 saturated heterocycles. The zero-order valence-electron chi connectivity index (χ0n) is 15.4. The Morgan fingerprint density at radius 2 is 1.78 bits per heavy atom. The number of hydrogen-bond donors (Lipinski definition) is 0. The average Bonchev–Trinajstić information content (AvgIpc) is 2.93. The highest BCUT2D eigenvalue weighted by Gasteiger charge is 2.26. The predicted molar refractivity (Wildman–Crippen MR) is 111 cm³/mol. The molecule has 136 valence electrons. The summed E-state index contributed by atoms with van der Waals surface area (Å²) in [4.78, 5) is 16.1. The monoisotopic (exact) mass is 422 g/mol. The lowest BCUT2D eigenvalue weighted by molar-refractivity contribution is 0.0516. The average molecular weight is 423 g/mol. The molecule has 4 nitrogen and oxygen atoms in total. The molecule has 0 unspecified atom stereocenters. The summed E-state index contributed by atoms with van der Waals surface area (Å²) in [6.07, 6.45) is 0. The molecule has 0 aliphatic rings. The fourth-order valence-corrected chi connectivity index (χ4v) is 3.63. The van der Waals surface area contributed by atoms with Gasteiger partial charge in [0.05, 0.1) is 17.8 Å². The van der Waals surface area contributed by atoms with Crippen molar-refractivity contribution in [3.05, 3.63) is 75.8 Å². The van der Waals surface area contributed by atoms with Crippen LogP contribution >= 0.6 is 15.9 Å². The van der Waals surface area contributed by atoms with Crippen molar-refractivity contribution in [2.45, 2.75) is 13.8 Å². The van der Waals surface area contributed by atoms with Gasteiger partial charge in [0.15, 0.2) is 0 Å². The van der Waals surface area contributed by atoms with Crippen molar-refractivity contribution in [1.82, 2.24) is 4.57 Å². The van der Waals surface area contributed by atoms with Crippen molar-refractivity contribution in [3.8, 4) is 22.3 Å². The van der Waals surface area contributed by atoms with E-state index in [0.717, 1.165) is 16.7 Å². The summed E-state index contributed by atoms with van der Waals surface area (Å²) in [7, 11) is 1.75. The molecule has 5 heteroatoms. The number of carbonyl (C=O) groups excluding carboxylic acids is 1. The first-order chi connectivity index (χ1) is 13.0. The topological polar surface area (TPSA) is 35.6 Å². The maximum absolute atomic E-state index is 12.5. The van der Waals surface area contributed by atoms with E-state index in [1.807, 2.05) is 36.4 Å². The molecule has 0 aliphatic heterocycles. The van der Waals surface area contributed by atoms with Crippen LogP contribution < -0.4 is 0 Å². The van der Waals surface area contributed by atoms with Crippen LogP contribution in [0.4, 0.5) is 5.69 Å². The minimum Gasteiger partial charge on any atom is -0.461 e. The first-order valence-corrected chi connectivity index (χ1v) is 9.38. The van der Waals surface area contributed by atoms with E-state index in [2.05, 4.69) is 39.8 Å². The van der Waals surface area contributed by atoms with Gasteiger partial charge >= 0.3 is 5.97 Å². The normalized spacial score (nSPS) is 10.5. The first kappa shape index (κ1) is 18.9. The van der Waals surface area contributed by atoms with Crippen LogP contribution in [0.25, 0.3) is 27.1 Å². The summed E-state index contributed by atoms with van der Waals surface area (Å²) in [5.41, 5.74) is 5.63. The Kier molecular flexibility index (Phi) is 5.48. The van der Waals surface area contributed by atoms with E-state index in [0.29, 0.717) is 21.5 Å². The van der Waals surface area contributed by atoms with Crippen molar-refractivity contribution in [1.29, 1.82) is 0 Å². The van der Waals surface area contributed by atoms with E-state index < -0.39 is 5.97 Å². The summed E-state index contributed by atoms with van der Waals surface area (Å²) < 4.78 is 7.44. The zero-order valence-corrected chi connectivity index (χ0v) is 17.0. The number of rotatable bonds is 4. The molecule has 0 fully saturated rings. The summed E-state index contributed by atoms with van der Waals surface area (Å²) in [5, 5.41) is 0. The Morgan fingerprint density at radius 3 is 2.37 bits per heavy atom. The number of aromatic nitrogens is 1. The smallest absolute Gasteiger partial charge is 0.354 e. The van der Waals surface area contributed by atoms with Crippen LogP contribution in [-0.2, 0) is 11.8 Å². The van der Waals surface area contributed by atoms with Crippen molar-refractivity contribution < 1.29 is 9.53 Å². The van der Waals surface area contributed by atoms with Crippen LogP contribution in [0.1, 0.15) is 23.0 Å². The van der Waals surface area contributed by atoms with Gasteiger partial charge in [0.2, 0.25) is 5.69 Å². The largest absolute Gasteiger partial charge is 0.461 e. The van der Waals surface area contributed by atoms with E-state index in [9.17, 15) is 4.79 Å². The molecule has 0 spiro atoms. The number of carbonyl (C=O) groups is 1. The molecule has 0 radical (unpaired) electrons. The fourth-order valence-electron chi connectivity index (χ4n) is 3.17. The van der Waals surface area contributed by atoms with Gasteiger partial charge in [-0.05, 0) is 52.0 Å². The van der Waals surface area contributed by atoms with Gasteiger partial charge < -0.3 is 9.30 Å². The van der Waals surface area contributed by atoms with Crippen LogP contribution in [-0.4, -0.2) is 17.1 Å². The second-order valence-electron chi connectivity index (χ2n) is 6.15. The van der Waals surface area contributed by atoms with Gasteiger partial charge in [-0.2, -0.15) is 0 Å². The standard InChI is InChI=1S/C22H19BrN2O2/c1-5-27-22(26)20-18(19(24-3)21(23)25(20)4)16-12-10-15(11-13-16)17-9-7-6-8-14(17)2/h6-13H,5H2,1-2,4H3. The number of esters is 1. The maximum atomic E-state index is 12.5. The Balaban J connectivity index is 2.14. The number of hydrogen-bond acceptors (Lipinski definition) is 2. The molecule has 3 rings (SSSR count).